The minimum Gasteiger partial charge on any atom is -0.477 e. The highest BCUT2D eigenvalue weighted by Gasteiger charge is 2.41. The smallest absolute Gasteiger partial charge is 0.374 e. The van der Waals surface area contributed by atoms with Gasteiger partial charge < -0.3 is 5.11 Å². The number of carboxylic acid groups (broad SMARTS) is 1. The van der Waals surface area contributed by atoms with E-state index in [1.54, 1.807) is 7.05 Å². The lowest BCUT2D eigenvalue weighted by Gasteiger charge is -2.12. The van der Waals surface area contributed by atoms with Crippen molar-refractivity contribution in [3.8, 4) is 0 Å². The van der Waals surface area contributed by atoms with Crippen molar-refractivity contribution < 1.29 is 18.7 Å². The first kappa shape index (κ1) is 11.0. The highest BCUT2D eigenvalue weighted by Crippen LogP contribution is 2.29. The lowest BCUT2D eigenvalue weighted by molar-refractivity contribution is -0.164. The lowest BCUT2D eigenvalue weighted by Crippen LogP contribution is -2.32. The van der Waals surface area contributed by atoms with Crippen LogP contribution in [0.15, 0.2) is 0 Å². The molecular formula is C10H12F2N2O2. The van der Waals surface area contributed by atoms with Crippen LogP contribution in [0.25, 0.3) is 0 Å². The van der Waals surface area contributed by atoms with Gasteiger partial charge in [-0.15, -0.1) is 0 Å². The van der Waals surface area contributed by atoms with Crippen molar-refractivity contribution >= 4 is 5.97 Å². The van der Waals surface area contributed by atoms with Crippen molar-refractivity contribution in [1.29, 1.82) is 0 Å². The quantitative estimate of drug-likeness (QED) is 0.848. The third-order valence-electron chi connectivity index (χ3n) is 2.90. The van der Waals surface area contributed by atoms with E-state index in [1.165, 1.54) is 4.68 Å². The number of aromatic nitrogens is 2. The van der Waals surface area contributed by atoms with Crippen LogP contribution in [0.3, 0.4) is 0 Å². The maximum Gasteiger partial charge on any atom is 0.374 e. The minimum atomic E-state index is -3.72. The Morgan fingerprint density at radius 3 is 2.88 bits per heavy atom. The normalized spacial score (nSPS) is 15.2. The first-order valence-corrected chi connectivity index (χ1v) is 5.06. The van der Waals surface area contributed by atoms with E-state index in [1.807, 2.05) is 0 Å². The van der Waals surface area contributed by atoms with Gasteiger partial charge in [-0.3, -0.25) is 4.68 Å². The van der Waals surface area contributed by atoms with Gasteiger partial charge in [0.25, 0.3) is 0 Å². The van der Waals surface area contributed by atoms with E-state index < -0.39 is 18.3 Å². The average Bonchev–Trinajstić information content (AvgIpc) is 2.70. The first-order valence-electron chi connectivity index (χ1n) is 5.06. The van der Waals surface area contributed by atoms with Gasteiger partial charge in [-0.05, 0) is 24.8 Å². The standard InChI is InChI=1S/C10H12F2N2O2/c1-14-8(5-10(11,12)9(15)16)6-3-2-4-7(6)13-14/h2-5H2,1H3,(H,15,16). The predicted molar refractivity (Wildman–Crippen MR) is 51.5 cm³/mol. The van der Waals surface area contributed by atoms with Crippen molar-refractivity contribution in [2.45, 2.75) is 31.6 Å². The van der Waals surface area contributed by atoms with Gasteiger partial charge in [0.1, 0.15) is 0 Å². The predicted octanol–water partition coefficient (Wildman–Crippen LogP) is 1.17. The van der Waals surface area contributed by atoms with E-state index in [2.05, 4.69) is 5.10 Å². The number of hydrogen-bond donors (Lipinski definition) is 1. The maximum atomic E-state index is 13.1. The number of alkyl halides is 2. The Morgan fingerprint density at radius 1 is 1.56 bits per heavy atom. The summed E-state index contributed by atoms with van der Waals surface area (Å²) < 4.78 is 27.6. The van der Waals surface area contributed by atoms with Gasteiger partial charge in [0.05, 0.1) is 12.1 Å². The van der Waals surface area contributed by atoms with Crippen molar-refractivity contribution in [3.05, 3.63) is 17.0 Å². The van der Waals surface area contributed by atoms with E-state index >= 15 is 0 Å². The summed E-state index contributed by atoms with van der Waals surface area (Å²) in [5.41, 5.74) is 1.99. The van der Waals surface area contributed by atoms with Gasteiger partial charge >= 0.3 is 11.9 Å². The molecule has 1 aromatic heterocycles. The number of halogens is 2. The number of fused-ring (bicyclic) bond motifs is 1. The zero-order chi connectivity index (χ0) is 11.9. The van der Waals surface area contributed by atoms with E-state index in [4.69, 9.17) is 5.11 Å². The number of nitrogens with zero attached hydrogens (tertiary/aromatic N) is 2. The average molecular weight is 230 g/mol. The molecule has 0 fully saturated rings. The minimum absolute atomic E-state index is 0.347. The van der Waals surface area contributed by atoms with Crippen molar-refractivity contribution in [1.82, 2.24) is 9.78 Å². The fourth-order valence-electron chi connectivity index (χ4n) is 2.09. The topological polar surface area (TPSA) is 55.1 Å². The highest BCUT2D eigenvalue weighted by atomic mass is 19.3. The fraction of sp³-hybridized carbons (Fsp3) is 0.600. The number of carboxylic acids is 1. The Bertz CT molecular complexity index is 440. The molecule has 1 aliphatic rings. The second-order valence-electron chi connectivity index (χ2n) is 4.04. The van der Waals surface area contributed by atoms with Crippen molar-refractivity contribution in [2.75, 3.05) is 0 Å². The monoisotopic (exact) mass is 230 g/mol. The van der Waals surface area contributed by atoms with Crippen molar-refractivity contribution in [2.24, 2.45) is 7.05 Å². The zero-order valence-corrected chi connectivity index (χ0v) is 8.83. The van der Waals surface area contributed by atoms with Gasteiger partial charge in [-0.2, -0.15) is 13.9 Å². The number of rotatable bonds is 3. The molecule has 4 nitrogen and oxygen atoms in total. The molecular weight excluding hydrogens is 218 g/mol. The summed E-state index contributed by atoms with van der Waals surface area (Å²) in [7, 11) is 1.57. The van der Waals surface area contributed by atoms with E-state index in [0.717, 1.165) is 24.1 Å². The Kier molecular flexibility index (Phi) is 2.44. The Balaban J connectivity index is 2.32. The van der Waals surface area contributed by atoms with Crippen LogP contribution in [-0.2, 0) is 31.1 Å². The number of carbonyl (C=O) groups is 1. The third-order valence-corrected chi connectivity index (χ3v) is 2.90. The van der Waals surface area contributed by atoms with Gasteiger partial charge in [0.2, 0.25) is 0 Å². The van der Waals surface area contributed by atoms with E-state index in [0.29, 0.717) is 12.1 Å². The van der Waals surface area contributed by atoms with Crippen LogP contribution >= 0.6 is 0 Å². The van der Waals surface area contributed by atoms with Crippen LogP contribution < -0.4 is 0 Å². The summed E-state index contributed by atoms with van der Waals surface area (Å²) in [6.07, 6.45) is 1.64. The molecule has 0 amide bonds. The molecule has 0 saturated carbocycles. The molecule has 0 aromatic carbocycles. The van der Waals surface area contributed by atoms with Gasteiger partial charge in [-0.1, -0.05) is 0 Å². The molecule has 88 valence electrons. The summed E-state index contributed by atoms with van der Waals surface area (Å²) in [6.45, 7) is 0. The van der Waals surface area contributed by atoms with E-state index in [-0.39, 0.29) is 0 Å². The summed E-state index contributed by atoms with van der Waals surface area (Å²) in [4.78, 5) is 10.4. The third kappa shape index (κ3) is 1.68. The molecule has 1 aromatic rings. The molecule has 0 atom stereocenters. The molecule has 2 rings (SSSR count). The van der Waals surface area contributed by atoms with Crippen LogP contribution in [-0.4, -0.2) is 26.8 Å². The highest BCUT2D eigenvalue weighted by molar-refractivity contribution is 5.75. The molecule has 6 heteroatoms. The molecule has 0 spiro atoms. The van der Waals surface area contributed by atoms with Crippen LogP contribution in [0.5, 0.6) is 0 Å². The van der Waals surface area contributed by atoms with Crippen LogP contribution in [0.1, 0.15) is 23.4 Å². The molecule has 0 saturated heterocycles. The Hall–Kier alpha value is -1.46. The second-order valence-corrected chi connectivity index (χ2v) is 4.04. The molecule has 0 aliphatic heterocycles. The molecule has 0 radical (unpaired) electrons. The largest absolute Gasteiger partial charge is 0.477 e. The Morgan fingerprint density at radius 2 is 2.25 bits per heavy atom. The molecule has 1 heterocycles. The maximum absolute atomic E-state index is 13.1. The zero-order valence-electron chi connectivity index (χ0n) is 8.83. The molecule has 1 aliphatic carbocycles. The second kappa shape index (κ2) is 3.54. The number of aryl methyl sites for hydroxylation is 2. The van der Waals surface area contributed by atoms with Gasteiger partial charge in [-0.25, -0.2) is 4.79 Å². The Labute approximate surface area is 90.9 Å². The summed E-state index contributed by atoms with van der Waals surface area (Å²) >= 11 is 0. The molecule has 0 bridgehead atoms. The van der Waals surface area contributed by atoms with Crippen LogP contribution in [0.2, 0.25) is 0 Å². The number of hydrogen-bond acceptors (Lipinski definition) is 2. The van der Waals surface area contributed by atoms with Gasteiger partial charge in [0, 0.05) is 12.7 Å². The fourth-order valence-corrected chi connectivity index (χ4v) is 2.09. The van der Waals surface area contributed by atoms with Crippen LogP contribution in [0, 0.1) is 0 Å². The number of aliphatic carboxylic acids is 1. The molecule has 1 N–H and O–H groups in total. The molecule has 16 heavy (non-hydrogen) atoms. The SMILES string of the molecule is Cn1nc2c(c1CC(F)(F)C(=O)O)CCC2. The lowest BCUT2D eigenvalue weighted by atomic mass is 10.1. The summed E-state index contributed by atoms with van der Waals surface area (Å²) in [5, 5.41) is 12.5. The summed E-state index contributed by atoms with van der Waals surface area (Å²) in [5.74, 6) is -5.80. The molecule has 0 unspecified atom stereocenters. The van der Waals surface area contributed by atoms with Crippen LogP contribution in [0.4, 0.5) is 8.78 Å². The van der Waals surface area contributed by atoms with E-state index in [9.17, 15) is 13.6 Å². The van der Waals surface area contributed by atoms with Crippen molar-refractivity contribution in [3.63, 3.8) is 0 Å². The summed E-state index contributed by atoms with van der Waals surface area (Å²) in [6, 6.07) is 0. The van der Waals surface area contributed by atoms with Gasteiger partial charge in [0.15, 0.2) is 0 Å². The first-order chi connectivity index (χ1) is 7.42.